The summed E-state index contributed by atoms with van der Waals surface area (Å²) in [6.45, 7) is 8.92. The molecule has 0 saturated heterocycles. The second-order valence-electron chi connectivity index (χ2n) is 10.7. The zero-order valence-corrected chi connectivity index (χ0v) is 24.4. The lowest BCUT2D eigenvalue weighted by atomic mass is 9.85. The Labute approximate surface area is 236 Å². The highest BCUT2D eigenvalue weighted by Gasteiger charge is 2.34. The Morgan fingerprint density at radius 2 is 1.72 bits per heavy atom. The molecule has 0 aromatic heterocycles. The van der Waals surface area contributed by atoms with Crippen molar-refractivity contribution in [1.29, 1.82) is 0 Å². The van der Waals surface area contributed by atoms with Crippen LogP contribution in [-0.2, 0) is 12.8 Å². The van der Waals surface area contributed by atoms with E-state index in [1.54, 1.807) is 0 Å². The topological polar surface area (TPSA) is 103 Å². The van der Waals surface area contributed by atoms with Gasteiger partial charge in [0.1, 0.15) is 22.8 Å². The van der Waals surface area contributed by atoms with Crippen LogP contribution in [0.1, 0.15) is 60.4 Å². The predicted molar refractivity (Wildman–Crippen MR) is 162 cm³/mol. The molecule has 1 unspecified atom stereocenters. The van der Waals surface area contributed by atoms with Gasteiger partial charge < -0.3 is 26.0 Å². The van der Waals surface area contributed by atoms with Gasteiger partial charge in [-0.25, -0.2) is 4.99 Å². The first kappa shape index (κ1) is 28.7. The van der Waals surface area contributed by atoms with E-state index in [-0.39, 0.29) is 11.6 Å². The van der Waals surface area contributed by atoms with Crippen molar-refractivity contribution < 1.29 is 14.6 Å². The minimum Gasteiger partial charge on any atom is -0.507 e. The molecule has 0 aliphatic carbocycles. The number of phenolic OH excluding ortho intramolecular Hbond substituents is 1. The van der Waals surface area contributed by atoms with Gasteiger partial charge in [-0.15, -0.1) is 11.8 Å². The molecule has 7 heteroatoms. The Balaban J connectivity index is 1.16. The van der Waals surface area contributed by atoms with Crippen LogP contribution in [0.3, 0.4) is 0 Å². The van der Waals surface area contributed by atoms with Gasteiger partial charge in [0.05, 0.1) is 12.3 Å². The smallest absolute Gasteiger partial charge is 0.191 e. The summed E-state index contributed by atoms with van der Waals surface area (Å²) >= 11 is 1.81. The molecule has 0 spiro atoms. The number of benzene rings is 3. The van der Waals surface area contributed by atoms with Crippen LogP contribution < -0.4 is 20.9 Å². The summed E-state index contributed by atoms with van der Waals surface area (Å²) in [4.78, 5) is 5.24. The van der Waals surface area contributed by atoms with Crippen LogP contribution >= 0.6 is 11.8 Å². The first-order valence-corrected chi connectivity index (χ1v) is 14.7. The van der Waals surface area contributed by atoms with E-state index in [1.807, 2.05) is 56.8 Å². The van der Waals surface area contributed by atoms with E-state index in [0.29, 0.717) is 12.4 Å². The number of aryl methyl sites for hydroxylation is 1. The van der Waals surface area contributed by atoms with Gasteiger partial charge in [-0.05, 0) is 125 Å². The van der Waals surface area contributed by atoms with Gasteiger partial charge in [0.2, 0.25) is 0 Å². The van der Waals surface area contributed by atoms with Crippen molar-refractivity contribution in [3.8, 4) is 17.2 Å². The number of unbranched alkanes of at least 4 members (excludes halogenated alkanes) is 1. The zero-order chi connectivity index (χ0) is 28.0. The second-order valence-corrected chi connectivity index (χ2v) is 11.8. The highest BCUT2D eigenvalue weighted by molar-refractivity contribution is 7.99. The van der Waals surface area contributed by atoms with Crippen LogP contribution in [0.2, 0.25) is 0 Å². The number of ether oxygens (including phenoxy) is 2. The highest BCUT2D eigenvalue weighted by atomic mass is 32.2. The molecule has 0 saturated carbocycles. The van der Waals surface area contributed by atoms with E-state index < -0.39 is 0 Å². The number of hydrogen-bond donors (Lipinski definition) is 3. The van der Waals surface area contributed by atoms with Gasteiger partial charge in [-0.3, -0.25) is 0 Å². The van der Waals surface area contributed by atoms with E-state index >= 15 is 0 Å². The Hall–Kier alpha value is -3.32. The van der Waals surface area contributed by atoms with Crippen molar-refractivity contribution in [2.24, 2.45) is 16.5 Å². The number of aromatic hydroxyl groups is 1. The standard InChI is InChI=1S/C32H41N3O3S/c1-21-22(2)30-28(23(3)29(21)36)15-18-32(4,38-30)17-5-6-19-37-26-11-7-24(8-12-26)16-20-39-27-13-9-25(10-14-27)35-31(33)34/h7-14,36H,5-6,15-20H2,1-4H3,(H4,33,34,35). The predicted octanol–water partition coefficient (Wildman–Crippen LogP) is 6.89. The van der Waals surface area contributed by atoms with Crippen LogP contribution in [0.5, 0.6) is 17.2 Å². The second kappa shape index (κ2) is 12.7. The van der Waals surface area contributed by atoms with Crippen molar-refractivity contribution in [2.45, 2.75) is 76.7 Å². The molecule has 0 bridgehead atoms. The Morgan fingerprint density at radius 3 is 2.41 bits per heavy atom. The average Bonchev–Trinajstić information content (AvgIpc) is 2.92. The number of nitrogens with zero attached hydrogens (tertiary/aromatic N) is 1. The third-order valence-corrected chi connectivity index (χ3v) is 8.65. The summed E-state index contributed by atoms with van der Waals surface area (Å²) in [6.07, 6.45) is 5.91. The number of thioether (sulfide) groups is 1. The van der Waals surface area contributed by atoms with Crippen LogP contribution in [0.15, 0.2) is 58.4 Å². The van der Waals surface area contributed by atoms with Crippen molar-refractivity contribution in [3.63, 3.8) is 0 Å². The van der Waals surface area contributed by atoms with Crippen molar-refractivity contribution in [3.05, 3.63) is 76.3 Å². The van der Waals surface area contributed by atoms with Crippen LogP contribution in [0.4, 0.5) is 5.69 Å². The number of rotatable bonds is 11. The maximum Gasteiger partial charge on any atom is 0.191 e. The van der Waals surface area contributed by atoms with Crippen molar-refractivity contribution >= 4 is 23.4 Å². The minimum absolute atomic E-state index is 0.0704. The van der Waals surface area contributed by atoms with E-state index in [0.717, 1.165) is 83.7 Å². The van der Waals surface area contributed by atoms with Gasteiger partial charge in [-0.2, -0.15) is 0 Å². The maximum absolute atomic E-state index is 10.4. The third-order valence-electron chi connectivity index (χ3n) is 7.64. The first-order chi connectivity index (χ1) is 18.6. The van der Waals surface area contributed by atoms with Gasteiger partial charge in [0.25, 0.3) is 0 Å². The third kappa shape index (κ3) is 7.41. The monoisotopic (exact) mass is 547 g/mol. The zero-order valence-electron chi connectivity index (χ0n) is 23.5. The molecular formula is C32H41N3O3S. The normalized spacial score (nSPS) is 16.3. The molecular weight excluding hydrogens is 506 g/mol. The summed E-state index contributed by atoms with van der Waals surface area (Å²) in [5.74, 6) is 3.37. The van der Waals surface area contributed by atoms with Crippen LogP contribution in [0, 0.1) is 20.8 Å². The van der Waals surface area contributed by atoms with Crippen molar-refractivity contribution in [2.75, 3.05) is 12.4 Å². The van der Waals surface area contributed by atoms with Crippen molar-refractivity contribution in [1.82, 2.24) is 0 Å². The lowest BCUT2D eigenvalue weighted by molar-refractivity contribution is 0.0513. The number of hydrogen-bond acceptors (Lipinski definition) is 5. The number of aliphatic imine (C=N–C) groups is 1. The van der Waals surface area contributed by atoms with E-state index in [4.69, 9.17) is 20.9 Å². The fourth-order valence-electron chi connectivity index (χ4n) is 5.07. The van der Waals surface area contributed by atoms with Gasteiger partial charge in [0.15, 0.2) is 5.96 Å². The van der Waals surface area contributed by atoms with Gasteiger partial charge >= 0.3 is 0 Å². The summed E-state index contributed by atoms with van der Waals surface area (Å²) in [5.41, 5.74) is 16.8. The van der Waals surface area contributed by atoms with Crippen LogP contribution in [-0.4, -0.2) is 29.0 Å². The molecule has 1 aliphatic rings. The SMILES string of the molecule is Cc1c(C)c2c(c(C)c1O)CCC(C)(CCCCOc1ccc(CCSc3ccc(N=C(N)N)cc3)cc1)O2. The fourth-order valence-corrected chi connectivity index (χ4v) is 5.97. The number of nitrogens with two attached hydrogens (primary N) is 2. The molecule has 0 amide bonds. The molecule has 3 aromatic rings. The summed E-state index contributed by atoms with van der Waals surface area (Å²) in [5, 5.41) is 10.4. The highest BCUT2D eigenvalue weighted by Crippen LogP contribution is 2.44. The first-order valence-electron chi connectivity index (χ1n) is 13.7. The summed E-state index contributed by atoms with van der Waals surface area (Å²) in [6, 6.07) is 16.3. The minimum atomic E-state index is -0.179. The van der Waals surface area contributed by atoms with E-state index in [9.17, 15) is 5.11 Å². The number of fused-ring (bicyclic) bond motifs is 1. The Morgan fingerprint density at radius 1 is 1.00 bits per heavy atom. The number of guanidine groups is 1. The molecule has 6 nitrogen and oxygen atoms in total. The molecule has 3 aromatic carbocycles. The molecule has 1 atom stereocenters. The molecule has 39 heavy (non-hydrogen) atoms. The molecule has 0 fully saturated rings. The van der Waals surface area contributed by atoms with Gasteiger partial charge in [-0.1, -0.05) is 12.1 Å². The van der Waals surface area contributed by atoms with Gasteiger partial charge in [0, 0.05) is 16.2 Å². The Kier molecular flexibility index (Phi) is 9.33. The molecule has 0 radical (unpaired) electrons. The molecule has 208 valence electrons. The number of phenols is 1. The summed E-state index contributed by atoms with van der Waals surface area (Å²) < 4.78 is 12.6. The fraction of sp³-hybridized carbons (Fsp3) is 0.406. The Bertz CT molecular complexity index is 1300. The molecule has 1 heterocycles. The molecule has 4 rings (SSSR count). The van der Waals surface area contributed by atoms with Crippen LogP contribution in [0.25, 0.3) is 0 Å². The molecule has 5 N–H and O–H groups in total. The quantitative estimate of drug-likeness (QED) is 0.105. The summed E-state index contributed by atoms with van der Waals surface area (Å²) in [7, 11) is 0. The maximum atomic E-state index is 10.4. The average molecular weight is 548 g/mol. The lowest BCUT2D eigenvalue weighted by Crippen LogP contribution is -2.37. The lowest BCUT2D eigenvalue weighted by Gasteiger charge is -2.38. The van der Waals surface area contributed by atoms with E-state index in [1.165, 1.54) is 10.5 Å². The molecule has 1 aliphatic heterocycles. The largest absolute Gasteiger partial charge is 0.507 e. The van der Waals surface area contributed by atoms with E-state index in [2.05, 4.69) is 36.2 Å².